The first kappa shape index (κ1) is 13.9. The van der Waals surface area contributed by atoms with Crippen LogP contribution in [0.3, 0.4) is 0 Å². The normalized spacial score (nSPS) is 10.9. The third-order valence-corrected chi connectivity index (χ3v) is 3.44. The lowest BCUT2D eigenvalue weighted by atomic mass is 10.0. The Balaban J connectivity index is 2.89. The SMILES string of the molecule is COCc1c(C)nc2cc(F)c(Br)cc2c1C(=O)O. The number of aromatic carboxylic acids is 1. The number of hydrogen-bond acceptors (Lipinski definition) is 3. The second kappa shape index (κ2) is 5.22. The van der Waals surface area contributed by atoms with Gasteiger partial charge in [-0.05, 0) is 28.9 Å². The molecule has 0 saturated heterocycles. The largest absolute Gasteiger partial charge is 0.478 e. The van der Waals surface area contributed by atoms with Gasteiger partial charge in [0.05, 0.1) is 22.2 Å². The smallest absolute Gasteiger partial charge is 0.336 e. The van der Waals surface area contributed by atoms with E-state index in [0.29, 0.717) is 22.2 Å². The highest BCUT2D eigenvalue weighted by Crippen LogP contribution is 2.28. The van der Waals surface area contributed by atoms with E-state index in [4.69, 9.17) is 4.74 Å². The Morgan fingerprint density at radius 3 is 2.79 bits per heavy atom. The highest BCUT2D eigenvalue weighted by molar-refractivity contribution is 9.10. The Kier molecular flexibility index (Phi) is 3.82. The van der Waals surface area contributed by atoms with E-state index in [-0.39, 0.29) is 16.6 Å². The van der Waals surface area contributed by atoms with Gasteiger partial charge in [-0.2, -0.15) is 0 Å². The van der Waals surface area contributed by atoms with Gasteiger partial charge in [0.15, 0.2) is 0 Å². The fraction of sp³-hybridized carbons (Fsp3) is 0.231. The molecule has 0 aliphatic carbocycles. The zero-order valence-electron chi connectivity index (χ0n) is 10.3. The van der Waals surface area contributed by atoms with Crippen LogP contribution in [0, 0.1) is 12.7 Å². The van der Waals surface area contributed by atoms with E-state index in [9.17, 15) is 14.3 Å². The second-order valence-corrected chi connectivity index (χ2v) is 4.93. The third kappa shape index (κ3) is 2.46. The summed E-state index contributed by atoms with van der Waals surface area (Å²) < 4.78 is 18.7. The van der Waals surface area contributed by atoms with Crippen molar-refractivity contribution < 1.29 is 19.0 Å². The maximum absolute atomic E-state index is 13.5. The molecule has 0 aliphatic rings. The molecule has 2 rings (SSSR count). The van der Waals surface area contributed by atoms with Crippen LogP contribution in [0.1, 0.15) is 21.6 Å². The number of pyridine rings is 1. The van der Waals surface area contributed by atoms with Gasteiger partial charge < -0.3 is 9.84 Å². The predicted octanol–water partition coefficient (Wildman–Crippen LogP) is 3.29. The molecule has 0 unspecified atom stereocenters. The van der Waals surface area contributed by atoms with Gasteiger partial charge in [-0.1, -0.05) is 0 Å². The van der Waals surface area contributed by atoms with Gasteiger partial charge in [-0.3, -0.25) is 4.98 Å². The van der Waals surface area contributed by atoms with Gasteiger partial charge in [-0.25, -0.2) is 9.18 Å². The van der Waals surface area contributed by atoms with Crippen molar-refractivity contribution in [3.05, 3.63) is 39.2 Å². The van der Waals surface area contributed by atoms with Crippen molar-refractivity contribution in [1.82, 2.24) is 4.98 Å². The maximum Gasteiger partial charge on any atom is 0.336 e. The van der Waals surface area contributed by atoms with Crippen LogP contribution in [0.4, 0.5) is 4.39 Å². The zero-order valence-corrected chi connectivity index (χ0v) is 11.9. The highest BCUT2D eigenvalue weighted by atomic mass is 79.9. The summed E-state index contributed by atoms with van der Waals surface area (Å²) in [5.74, 6) is -1.56. The number of aryl methyl sites for hydroxylation is 1. The summed E-state index contributed by atoms with van der Waals surface area (Å²) >= 11 is 3.05. The van der Waals surface area contributed by atoms with E-state index in [0.717, 1.165) is 0 Å². The molecule has 1 aromatic heterocycles. The average molecular weight is 328 g/mol. The van der Waals surface area contributed by atoms with Gasteiger partial charge in [0.1, 0.15) is 5.82 Å². The average Bonchev–Trinajstić information content (AvgIpc) is 2.32. The number of carboxylic acid groups (broad SMARTS) is 1. The van der Waals surface area contributed by atoms with Crippen LogP contribution in [0.25, 0.3) is 10.9 Å². The quantitative estimate of drug-likeness (QED) is 0.939. The molecule has 0 radical (unpaired) electrons. The van der Waals surface area contributed by atoms with Crippen molar-refractivity contribution in [1.29, 1.82) is 0 Å². The first-order chi connectivity index (χ1) is 8.95. The van der Waals surface area contributed by atoms with Crippen LogP contribution >= 0.6 is 15.9 Å². The number of aromatic nitrogens is 1. The Morgan fingerprint density at radius 2 is 2.21 bits per heavy atom. The summed E-state index contributed by atoms with van der Waals surface area (Å²) in [7, 11) is 1.48. The van der Waals surface area contributed by atoms with E-state index in [1.165, 1.54) is 19.2 Å². The number of halogens is 2. The number of rotatable bonds is 3. The lowest BCUT2D eigenvalue weighted by Crippen LogP contribution is -2.09. The number of fused-ring (bicyclic) bond motifs is 1. The molecule has 2 aromatic rings. The molecular formula is C13H11BrFNO3. The minimum atomic E-state index is -1.08. The van der Waals surface area contributed by atoms with Crippen molar-refractivity contribution in [2.75, 3.05) is 7.11 Å². The van der Waals surface area contributed by atoms with Gasteiger partial charge >= 0.3 is 5.97 Å². The van der Waals surface area contributed by atoms with E-state index in [1.54, 1.807) is 6.92 Å². The monoisotopic (exact) mass is 327 g/mol. The number of carbonyl (C=O) groups is 1. The number of carboxylic acids is 1. The molecule has 0 fully saturated rings. The van der Waals surface area contributed by atoms with Crippen molar-refractivity contribution in [2.24, 2.45) is 0 Å². The van der Waals surface area contributed by atoms with E-state index in [2.05, 4.69) is 20.9 Å². The molecule has 6 heteroatoms. The van der Waals surface area contributed by atoms with Crippen molar-refractivity contribution in [3.63, 3.8) is 0 Å². The Morgan fingerprint density at radius 1 is 1.53 bits per heavy atom. The lowest BCUT2D eigenvalue weighted by Gasteiger charge is -2.12. The molecule has 0 saturated carbocycles. The summed E-state index contributed by atoms with van der Waals surface area (Å²) in [5, 5.41) is 9.77. The molecule has 0 aliphatic heterocycles. The predicted molar refractivity (Wildman–Crippen MR) is 71.8 cm³/mol. The van der Waals surface area contributed by atoms with Crippen molar-refractivity contribution in [2.45, 2.75) is 13.5 Å². The number of methoxy groups -OCH3 is 1. The first-order valence-corrected chi connectivity index (χ1v) is 6.25. The molecule has 0 amide bonds. The van der Waals surface area contributed by atoms with Crippen LogP contribution in [0.2, 0.25) is 0 Å². The number of hydrogen-bond donors (Lipinski definition) is 1. The van der Waals surface area contributed by atoms with Crippen LogP contribution in [-0.4, -0.2) is 23.2 Å². The third-order valence-electron chi connectivity index (χ3n) is 2.84. The van der Waals surface area contributed by atoms with Gasteiger partial charge in [0.25, 0.3) is 0 Å². The fourth-order valence-corrected chi connectivity index (χ4v) is 2.33. The minimum Gasteiger partial charge on any atom is -0.478 e. The molecule has 1 heterocycles. The van der Waals surface area contributed by atoms with Gasteiger partial charge in [-0.15, -0.1) is 0 Å². The summed E-state index contributed by atoms with van der Waals surface area (Å²) in [6.07, 6.45) is 0. The standard InChI is InChI=1S/C13H11BrFNO3/c1-6-8(5-19-2)12(13(17)18)7-3-9(14)10(15)4-11(7)16-6/h3-4H,5H2,1-2H3,(H,17,18). The van der Waals surface area contributed by atoms with E-state index >= 15 is 0 Å². The summed E-state index contributed by atoms with van der Waals surface area (Å²) in [6, 6.07) is 2.65. The van der Waals surface area contributed by atoms with Crippen LogP contribution in [0.5, 0.6) is 0 Å². The zero-order chi connectivity index (χ0) is 14.2. The van der Waals surface area contributed by atoms with E-state index < -0.39 is 11.8 Å². The molecule has 0 bridgehead atoms. The summed E-state index contributed by atoms with van der Waals surface area (Å²) in [4.78, 5) is 15.7. The molecule has 0 spiro atoms. The molecule has 4 nitrogen and oxygen atoms in total. The summed E-state index contributed by atoms with van der Waals surface area (Å²) in [6.45, 7) is 1.82. The number of nitrogens with zero attached hydrogens (tertiary/aromatic N) is 1. The first-order valence-electron chi connectivity index (χ1n) is 5.46. The topological polar surface area (TPSA) is 59.4 Å². The molecule has 1 N–H and O–H groups in total. The van der Waals surface area contributed by atoms with Crippen LogP contribution < -0.4 is 0 Å². The molecule has 19 heavy (non-hydrogen) atoms. The summed E-state index contributed by atoms with van der Waals surface area (Å²) in [5.41, 5.74) is 1.44. The second-order valence-electron chi connectivity index (χ2n) is 4.07. The minimum absolute atomic E-state index is 0.102. The number of ether oxygens (including phenoxy) is 1. The van der Waals surface area contributed by atoms with Crippen LogP contribution in [0.15, 0.2) is 16.6 Å². The maximum atomic E-state index is 13.5. The number of benzene rings is 1. The lowest BCUT2D eigenvalue weighted by molar-refractivity contribution is 0.0693. The van der Waals surface area contributed by atoms with E-state index in [1.807, 2.05) is 0 Å². The van der Waals surface area contributed by atoms with Crippen LogP contribution in [-0.2, 0) is 11.3 Å². The van der Waals surface area contributed by atoms with Crippen molar-refractivity contribution in [3.8, 4) is 0 Å². The van der Waals surface area contributed by atoms with Gasteiger partial charge in [0, 0.05) is 29.8 Å². The fourth-order valence-electron chi connectivity index (χ4n) is 1.99. The Bertz CT molecular complexity index is 673. The Labute approximate surface area is 117 Å². The highest BCUT2D eigenvalue weighted by Gasteiger charge is 2.19. The molecule has 100 valence electrons. The van der Waals surface area contributed by atoms with Crippen molar-refractivity contribution >= 4 is 32.8 Å². The molecule has 0 atom stereocenters. The Hall–Kier alpha value is -1.53. The molecule has 1 aromatic carbocycles. The van der Waals surface area contributed by atoms with Gasteiger partial charge in [0.2, 0.25) is 0 Å². The molecular weight excluding hydrogens is 317 g/mol.